The van der Waals surface area contributed by atoms with Crippen LogP contribution in [0.15, 0.2) is 41.5 Å². The lowest BCUT2D eigenvalue weighted by atomic mass is 10.1. The van der Waals surface area contributed by atoms with Gasteiger partial charge in [-0.05, 0) is 37.1 Å². The van der Waals surface area contributed by atoms with E-state index in [1.165, 1.54) is 5.56 Å². The molecule has 0 atom stereocenters. The minimum Gasteiger partial charge on any atom is -0.497 e. The van der Waals surface area contributed by atoms with E-state index in [-0.39, 0.29) is 24.0 Å². The monoisotopic (exact) mass is 524 g/mol. The van der Waals surface area contributed by atoms with Gasteiger partial charge in [0.25, 0.3) is 0 Å². The molecule has 0 unspecified atom stereocenters. The summed E-state index contributed by atoms with van der Waals surface area (Å²) in [4.78, 5) is 4.69. The molecule has 0 saturated carbocycles. The van der Waals surface area contributed by atoms with Crippen molar-refractivity contribution in [2.75, 3.05) is 13.7 Å². The van der Waals surface area contributed by atoms with Crippen LogP contribution in [0.3, 0.4) is 0 Å². The number of guanidine groups is 1. The second-order valence-electron chi connectivity index (χ2n) is 6.71. The van der Waals surface area contributed by atoms with E-state index in [1.54, 1.807) is 13.3 Å². The quantitative estimate of drug-likeness (QED) is 0.266. The first-order valence-corrected chi connectivity index (χ1v) is 9.53. The maximum Gasteiger partial charge on any atom is 0.192 e. The summed E-state index contributed by atoms with van der Waals surface area (Å²) in [7, 11) is 5.54. The van der Waals surface area contributed by atoms with Gasteiger partial charge < -0.3 is 19.9 Å². The largest absolute Gasteiger partial charge is 0.497 e. The van der Waals surface area contributed by atoms with Gasteiger partial charge in [0, 0.05) is 26.8 Å². The number of hydrogen-bond donors (Lipinski definition) is 2. The number of rotatable bonds is 8. The zero-order valence-corrected chi connectivity index (χ0v) is 20.1. The van der Waals surface area contributed by atoms with Crippen LogP contribution < -0.4 is 15.4 Å². The molecule has 2 N–H and O–H groups in total. The Morgan fingerprint density at radius 1 is 1.10 bits per heavy atom. The molecule has 10 heteroatoms. The summed E-state index contributed by atoms with van der Waals surface area (Å²) in [6.07, 6.45) is 2.65. The zero-order chi connectivity index (χ0) is 20.6. The van der Waals surface area contributed by atoms with Crippen LogP contribution in [-0.2, 0) is 33.6 Å². The molecule has 2 heterocycles. The van der Waals surface area contributed by atoms with Gasteiger partial charge in [-0.3, -0.25) is 4.68 Å². The van der Waals surface area contributed by atoms with Gasteiger partial charge in [-0.15, -0.1) is 34.2 Å². The van der Waals surface area contributed by atoms with Crippen molar-refractivity contribution in [1.29, 1.82) is 0 Å². The lowest BCUT2D eigenvalue weighted by Crippen LogP contribution is -2.38. The molecular formula is C20H29IN8O. The molecule has 0 aliphatic carbocycles. The van der Waals surface area contributed by atoms with Crippen LogP contribution in [0.5, 0.6) is 5.75 Å². The Labute approximate surface area is 194 Å². The number of benzene rings is 1. The van der Waals surface area contributed by atoms with Crippen LogP contribution in [0.2, 0.25) is 0 Å². The second kappa shape index (κ2) is 11.5. The summed E-state index contributed by atoms with van der Waals surface area (Å²) >= 11 is 0. The van der Waals surface area contributed by atoms with Crippen LogP contribution in [0.4, 0.5) is 0 Å². The fourth-order valence-corrected chi connectivity index (χ4v) is 2.78. The first-order chi connectivity index (χ1) is 14.1. The molecule has 0 bridgehead atoms. The van der Waals surface area contributed by atoms with Gasteiger partial charge in [0.1, 0.15) is 11.6 Å². The Hall–Kier alpha value is -2.63. The molecule has 2 aromatic heterocycles. The molecular weight excluding hydrogens is 495 g/mol. The average molecular weight is 524 g/mol. The van der Waals surface area contributed by atoms with Crippen LogP contribution in [-0.4, -0.2) is 44.2 Å². The summed E-state index contributed by atoms with van der Waals surface area (Å²) in [5.41, 5.74) is 2.27. The van der Waals surface area contributed by atoms with Crippen molar-refractivity contribution in [2.45, 2.75) is 26.4 Å². The maximum absolute atomic E-state index is 5.21. The third-order valence-electron chi connectivity index (χ3n) is 4.78. The lowest BCUT2D eigenvalue weighted by molar-refractivity contribution is 0.414. The van der Waals surface area contributed by atoms with Crippen molar-refractivity contribution in [3.63, 3.8) is 0 Å². The van der Waals surface area contributed by atoms with Crippen molar-refractivity contribution < 1.29 is 4.74 Å². The number of nitrogens with one attached hydrogen (secondary N) is 2. The molecule has 0 amide bonds. The van der Waals surface area contributed by atoms with Gasteiger partial charge in [-0.1, -0.05) is 12.1 Å². The molecule has 1 aromatic carbocycles. The van der Waals surface area contributed by atoms with Gasteiger partial charge >= 0.3 is 0 Å². The normalized spacial score (nSPS) is 11.1. The van der Waals surface area contributed by atoms with Crippen molar-refractivity contribution >= 4 is 29.9 Å². The summed E-state index contributed by atoms with van der Waals surface area (Å²) < 4.78 is 8.99. The molecule has 0 fully saturated rings. The highest BCUT2D eigenvalue weighted by Crippen LogP contribution is 2.11. The minimum absolute atomic E-state index is 0. The smallest absolute Gasteiger partial charge is 0.192 e. The van der Waals surface area contributed by atoms with Crippen molar-refractivity contribution in [1.82, 2.24) is 35.2 Å². The number of methoxy groups -OCH3 is 1. The van der Waals surface area contributed by atoms with Crippen molar-refractivity contribution in [2.24, 2.45) is 19.1 Å². The second-order valence-corrected chi connectivity index (χ2v) is 6.71. The van der Waals surface area contributed by atoms with E-state index in [2.05, 4.69) is 38.1 Å². The third-order valence-corrected chi connectivity index (χ3v) is 4.78. The summed E-state index contributed by atoms with van der Waals surface area (Å²) in [6, 6.07) is 10.1. The van der Waals surface area contributed by atoms with Crippen molar-refractivity contribution in [3.8, 4) is 5.75 Å². The van der Waals surface area contributed by atoms with Crippen LogP contribution in [0, 0.1) is 6.92 Å². The Kier molecular flexibility index (Phi) is 9.09. The van der Waals surface area contributed by atoms with Crippen LogP contribution >= 0.6 is 24.0 Å². The Morgan fingerprint density at radius 3 is 2.47 bits per heavy atom. The number of ether oxygens (including phenoxy) is 1. The molecule has 0 aliphatic rings. The number of hydrogen-bond acceptors (Lipinski definition) is 5. The molecule has 9 nitrogen and oxygen atoms in total. The molecule has 0 aliphatic heterocycles. The summed E-state index contributed by atoms with van der Waals surface area (Å²) in [5.74, 6) is 3.32. The highest BCUT2D eigenvalue weighted by atomic mass is 127. The van der Waals surface area contributed by atoms with E-state index < -0.39 is 0 Å². The van der Waals surface area contributed by atoms with E-state index >= 15 is 0 Å². The fraction of sp³-hybridized carbons (Fsp3) is 0.400. The minimum atomic E-state index is 0. The third kappa shape index (κ3) is 6.44. The highest BCUT2D eigenvalue weighted by Gasteiger charge is 2.07. The Morgan fingerprint density at radius 2 is 1.87 bits per heavy atom. The number of aryl methyl sites for hydroxylation is 2. The van der Waals surface area contributed by atoms with Gasteiger partial charge in [-0.25, -0.2) is 4.99 Å². The molecule has 3 aromatic rings. The predicted octanol–water partition coefficient (Wildman–Crippen LogP) is 1.96. The van der Waals surface area contributed by atoms with E-state index in [0.717, 1.165) is 42.0 Å². The highest BCUT2D eigenvalue weighted by molar-refractivity contribution is 14.0. The molecule has 0 spiro atoms. The first kappa shape index (κ1) is 23.6. The standard InChI is InChI=1S/C20H28N8O.HI/c1-15-25-26-19(27(15)2)14-23-20(22-13-17-10-12-24-28(17)3)21-11-9-16-5-7-18(29-4)8-6-16;/h5-8,10,12H,9,11,13-14H2,1-4H3,(H2,21,22,23);1H. The zero-order valence-electron chi connectivity index (χ0n) is 17.8. The molecule has 0 radical (unpaired) electrons. The number of nitrogens with zero attached hydrogens (tertiary/aromatic N) is 6. The van der Waals surface area contributed by atoms with Gasteiger partial charge in [0.05, 0.1) is 25.9 Å². The van der Waals surface area contributed by atoms with E-state index in [1.807, 2.05) is 48.5 Å². The van der Waals surface area contributed by atoms with E-state index in [9.17, 15) is 0 Å². The van der Waals surface area contributed by atoms with Gasteiger partial charge in [-0.2, -0.15) is 5.10 Å². The molecule has 30 heavy (non-hydrogen) atoms. The first-order valence-electron chi connectivity index (χ1n) is 9.53. The van der Waals surface area contributed by atoms with E-state index in [4.69, 9.17) is 9.73 Å². The maximum atomic E-state index is 5.21. The van der Waals surface area contributed by atoms with E-state index in [0.29, 0.717) is 13.1 Å². The lowest BCUT2D eigenvalue weighted by Gasteiger charge is -2.13. The Balaban J connectivity index is 0.00000320. The summed E-state index contributed by atoms with van der Waals surface area (Å²) in [5, 5.41) is 19.2. The molecule has 3 rings (SSSR count). The predicted molar refractivity (Wildman–Crippen MR) is 127 cm³/mol. The summed E-state index contributed by atoms with van der Waals surface area (Å²) in [6.45, 7) is 3.76. The molecule has 0 saturated heterocycles. The number of aromatic nitrogens is 5. The van der Waals surface area contributed by atoms with Crippen LogP contribution in [0.1, 0.15) is 22.9 Å². The average Bonchev–Trinajstić information content (AvgIpc) is 3.29. The number of aliphatic imine (C=N–C) groups is 1. The fourth-order valence-electron chi connectivity index (χ4n) is 2.78. The topological polar surface area (TPSA) is 94.2 Å². The van der Waals surface area contributed by atoms with Crippen molar-refractivity contribution in [3.05, 3.63) is 59.4 Å². The SMILES string of the molecule is COc1ccc(CCNC(=NCc2ccnn2C)NCc2nnc(C)n2C)cc1.I. The number of halogens is 1. The van der Waals surface area contributed by atoms with Gasteiger partial charge in [0.2, 0.25) is 0 Å². The van der Waals surface area contributed by atoms with Crippen LogP contribution in [0.25, 0.3) is 0 Å². The molecule has 162 valence electrons. The Bertz CT molecular complexity index is 948. The van der Waals surface area contributed by atoms with Gasteiger partial charge in [0.15, 0.2) is 11.8 Å².